The van der Waals surface area contributed by atoms with Crippen LogP contribution in [0.25, 0.3) is 22.3 Å². The zero-order valence-electron chi connectivity index (χ0n) is 31.4. The lowest BCUT2D eigenvalue weighted by Gasteiger charge is -2.51. The highest BCUT2D eigenvalue weighted by Gasteiger charge is 2.52. The molecule has 8 aromatic rings. The Balaban J connectivity index is 1.23. The number of fused-ring (bicyclic) bond motifs is 8. The SMILES string of the molecule is CC(C)(C)c1ccc2c(c1)C1(c3ccccc3N(c3ccc(-c4ccccc4)cc3)c3ccccc31)c1ccccc1N2c1ccc(-c2ccccc2)cc1. The van der Waals surface area contributed by atoms with Crippen molar-refractivity contribution in [1.82, 2.24) is 0 Å². The van der Waals surface area contributed by atoms with Crippen LogP contribution in [-0.4, -0.2) is 0 Å². The van der Waals surface area contributed by atoms with Crippen molar-refractivity contribution >= 4 is 34.1 Å². The van der Waals surface area contributed by atoms with Crippen molar-refractivity contribution in [3.05, 3.63) is 228 Å². The minimum Gasteiger partial charge on any atom is -0.310 e. The highest BCUT2D eigenvalue weighted by molar-refractivity contribution is 5.97. The van der Waals surface area contributed by atoms with E-state index in [1.54, 1.807) is 0 Å². The van der Waals surface area contributed by atoms with Crippen LogP contribution in [0.2, 0.25) is 0 Å². The molecule has 0 aliphatic carbocycles. The number of hydrogen-bond acceptors (Lipinski definition) is 2. The Morgan fingerprint density at radius 3 is 1.07 bits per heavy atom. The van der Waals surface area contributed by atoms with Crippen LogP contribution < -0.4 is 9.80 Å². The van der Waals surface area contributed by atoms with Crippen molar-refractivity contribution in [3.8, 4) is 22.3 Å². The molecule has 2 aliphatic rings. The third-order valence-electron chi connectivity index (χ3n) is 11.6. The maximum Gasteiger partial charge on any atom is 0.0783 e. The van der Waals surface area contributed by atoms with Crippen LogP contribution in [-0.2, 0) is 10.8 Å². The molecule has 0 fully saturated rings. The van der Waals surface area contributed by atoms with E-state index in [2.05, 4.69) is 231 Å². The molecule has 0 amide bonds. The molecule has 0 unspecified atom stereocenters. The first-order valence-electron chi connectivity index (χ1n) is 19.3. The lowest BCUT2D eigenvalue weighted by Crippen LogP contribution is -2.42. The van der Waals surface area contributed by atoms with E-state index < -0.39 is 5.41 Å². The monoisotopic (exact) mass is 706 g/mol. The lowest BCUT2D eigenvalue weighted by atomic mass is 9.59. The van der Waals surface area contributed by atoms with Gasteiger partial charge in [0.1, 0.15) is 0 Å². The summed E-state index contributed by atoms with van der Waals surface area (Å²) in [7, 11) is 0. The van der Waals surface area contributed by atoms with Crippen LogP contribution >= 0.6 is 0 Å². The third-order valence-corrected chi connectivity index (χ3v) is 11.6. The molecule has 0 atom stereocenters. The first-order valence-corrected chi connectivity index (χ1v) is 19.3. The van der Waals surface area contributed by atoms with E-state index in [9.17, 15) is 0 Å². The van der Waals surface area contributed by atoms with Gasteiger partial charge in [-0.2, -0.15) is 0 Å². The van der Waals surface area contributed by atoms with Gasteiger partial charge < -0.3 is 9.80 Å². The molecule has 2 nitrogen and oxygen atoms in total. The van der Waals surface area contributed by atoms with E-state index in [0.717, 1.165) is 11.4 Å². The number of benzene rings is 8. The Kier molecular flexibility index (Phi) is 7.64. The number of para-hydroxylation sites is 3. The predicted octanol–water partition coefficient (Wildman–Crippen LogP) is 14.3. The fourth-order valence-corrected chi connectivity index (χ4v) is 9.01. The summed E-state index contributed by atoms with van der Waals surface area (Å²) in [6.45, 7) is 6.96. The Bertz CT molecular complexity index is 2560. The van der Waals surface area contributed by atoms with Gasteiger partial charge in [0.15, 0.2) is 0 Å². The summed E-state index contributed by atoms with van der Waals surface area (Å²) in [6.07, 6.45) is 0. The minimum absolute atomic E-state index is 0.0460. The first-order chi connectivity index (χ1) is 26.9. The van der Waals surface area contributed by atoms with Crippen LogP contribution in [0, 0.1) is 0 Å². The van der Waals surface area contributed by atoms with Crippen molar-refractivity contribution in [2.75, 3.05) is 9.80 Å². The molecule has 8 aromatic carbocycles. The van der Waals surface area contributed by atoms with Crippen LogP contribution in [0.4, 0.5) is 34.1 Å². The van der Waals surface area contributed by atoms with Gasteiger partial charge in [-0.05, 0) is 104 Å². The summed E-state index contributed by atoms with van der Waals surface area (Å²) in [4.78, 5) is 4.95. The van der Waals surface area contributed by atoms with Gasteiger partial charge in [-0.15, -0.1) is 0 Å². The summed E-state index contributed by atoms with van der Waals surface area (Å²) in [5, 5.41) is 0. The van der Waals surface area contributed by atoms with E-state index in [0.29, 0.717) is 0 Å². The molecule has 2 heterocycles. The average molecular weight is 707 g/mol. The molecule has 264 valence electrons. The van der Waals surface area contributed by atoms with Crippen molar-refractivity contribution in [2.24, 2.45) is 0 Å². The fourth-order valence-electron chi connectivity index (χ4n) is 9.01. The molecule has 0 N–H and O–H groups in total. The Morgan fingerprint density at radius 1 is 0.327 bits per heavy atom. The molecular formula is C53H42N2. The molecule has 0 bridgehead atoms. The molecule has 0 saturated heterocycles. The highest BCUT2D eigenvalue weighted by Crippen LogP contribution is 2.64. The van der Waals surface area contributed by atoms with Crippen molar-refractivity contribution in [2.45, 2.75) is 31.6 Å². The van der Waals surface area contributed by atoms with Gasteiger partial charge in [-0.3, -0.25) is 0 Å². The lowest BCUT2D eigenvalue weighted by molar-refractivity contribution is 0.586. The number of hydrogen-bond donors (Lipinski definition) is 0. The van der Waals surface area contributed by atoms with E-state index in [4.69, 9.17) is 0 Å². The number of nitrogens with zero attached hydrogens (tertiary/aromatic N) is 2. The fraction of sp³-hybridized carbons (Fsp3) is 0.0943. The smallest absolute Gasteiger partial charge is 0.0783 e. The second-order valence-corrected chi connectivity index (χ2v) is 15.8. The summed E-state index contributed by atoms with van der Waals surface area (Å²) in [5.41, 5.74) is 17.7. The normalized spacial score (nSPS) is 13.8. The van der Waals surface area contributed by atoms with Crippen molar-refractivity contribution in [1.29, 1.82) is 0 Å². The molecule has 10 rings (SSSR count). The van der Waals surface area contributed by atoms with Gasteiger partial charge in [0.25, 0.3) is 0 Å². The summed E-state index contributed by atoms with van der Waals surface area (Å²) in [6, 6.07) is 73.9. The van der Waals surface area contributed by atoms with Crippen molar-refractivity contribution in [3.63, 3.8) is 0 Å². The van der Waals surface area contributed by atoms with E-state index >= 15 is 0 Å². The zero-order valence-corrected chi connectivity index (χ0v) is 31.4. The molecule has 55 heavy (non-hydrogen) atoms. The Hall–Kier alpha value is -6.64. The summed E-state index contributed by atoms with van der Waals surface area (Å²) < 4.78 is 0. The summed E-state index contributed by atoms with van der Waals surface area (Å²) in [5.74, 6) is 0. The van der Waals surface area contributed by atoms with E-state index in [1.807, 2.05) is 0 Å². The van der Waals surface area contributed by atoms with Crippen LogP contribution in [0.3, 0.4) is 0 Å². The predicted molar refractivity (Wildman–Crippen MR) is 231 cm³/mol. The number of anilines is 6. The topological polar surface area (TPSA) is 6.48 Å². The van der Waals surface area contributed by atoms with Gasteiger partial charge in [0.2, 0.25) is 0 Å². The highest BCUT2D eigenvalue weighted by atomic mass is 15.2. The van der Waals surface area contributed by atoms with Crippen molar-refractivity contribution < 1.29 is 0 Å². The van der Waals surface area contributed by atoms with Gasteiger partial charge in [-0.1, -0.05) is 172 Å². The standard InChI is InChI=1S/C53H42N2/c1-52(2,3)41-30-35-51-47(36-41)53(46-22-12-15-25-50(46)55(51)43-33-28-40(29-34-43)38-18-8-5-9-19-38)44-20-10-13-23-48(44)54(49-24-14-11-21-45(49)53)42-31-26-39(27-32-42)37-16-6-4-7-17-37/h4-36H,1-3H3. The number of rotatable bonds is 4. The Morgan fingerprint density at radius 2 is 0.673 bits per heavy atom. The molecule has 2 heteroatoms. The molecule has 0 saturated carbocycles. The first kappa shape index (κ1) is 33.0. The van der Waals surface area contributed by atoms with Crippen LogP contribution in [0.5, 0.6) is 0 Å². The molecule has 0 aromatic heterocycles. The van der Waals surface area contributed by atoms with Gasteiger partial charge in [0.05, 0.1) is 28.2 Å². The van der Waals surface area contributed by atoms with Gasteiger partial charge >= 0.3 is 0 Å². The van der Waals surface area contributed by atoms with E-state index in [-0.39, 0.29) is 5.41 Å². The minimum atomic E-state index is -0.582. The second-order valence-electron chi connectivity index (χ2n) is 15.8. The quantitative estimate of drug-likeness (QED) is 0.180. The molecule has 0 radical (unpaired) electrons. The molecule has 1 spiro atoms. The Labute approximate surface area is 324 Å². The maximum absolute atomic E-state index is 2.51. The second kappa shape index (κ2) is 12.7. The van der Waals surface area contributed by atoms with Gasteiger partial charge in [0, 0.05) is 11.4 Å². The van der Waals surface area contributed by atoms with Crippen LogP contribution in [0.15, 0.2) is 200 Å². The average Bonchev–Trinajstić information content (AvgIpc) is 3.24. The van der Waals surface area contributed by atoms with E-state index in [1.165, 1.54) is 72.8 Å². The largest absolute Gasteiger partial charge is 0.310 e. The molecular weight excluding hydrogens is 665 g/mol. The van der Waals surface area contributed by atoms with Crippen LogP contribution in [0.1, 0.15) is 48.6 Å². The molecule has 2 aliphatic heterocycles. The summed E-state index contributed by atoms with van der Waals surface area (Å²) >= 11 is 0. The van der Waals surface area contributed by atoms with Gasteiger partial charge in [-0.25, -0.2) is 0 Å². The third kappa shape index (κ3) is 5.16. The zero-order chi connectivity index (χ0) is 37.1. The maximum atomic E-state index is 2.51.